The molecule has 2 aromatic rings. The number of fused-ring (bicyclic) bond motifs is 1. The van der Waals surface area contributed by atoms with E-state index in [1.807, 2.05) is 32.0 Å². The van der Waals surface area contributed by atoms with Gasteiger partial charge in [-0.15, -0.1) is 0 Å². The van der Waals surface area contributed by atoms with Crippen molar-refractivity contribution in [1.82, 2.24) is 10.2 Å². The summed E-state index contributed by atoms with van der Waals surface area (Å²) in [5, 5.41) is 3.93. The smallest absolute Gasteiger partial charge is 0.287 e. The van der Waals surface area contributed by atoms with E-state index in [0.717, 1.165) is 49.5 Å². The number of morpholine rings is 1. The first-order chi connectivity index (χ1) is 11.6. The number of rotatable bonds is 5. The van der Waals surface area contributed by atoms with Crippen molar-refractivity contribution in [2.45, 2.75) is 19.9 Å². The number of benzene rings is 1. The van der Waals surface area contributed by atoms with Crippen LogP contribution in [0.4, 0.5) is 0 Å². The van der Waals surface area contributed by atoms with Crippen molar-refractivity contribution in [2.24, 2.45) is 0 Å². The Morgan fingerprint density at radius 2 is 2.12 bits per heavy atom. The maximum absolute atomic E-state index is 12.6. The number of carbonyl (C=O) groups is 1. The highest BCUT2D eigenvalue weighted by Gasteiger charge is 2.21. The lowest BCUT2D eigenvalue weighted by atomic mass is 10.1. The molecule has 0 saturated carbocycles. The predicted molar refractivity (Wildman–Crippen MR) is 91.7 cm³/mol. The molecule has 6 nitrogen and oxygen atoms in total. The van der Waals surface area contributed by atoms with Gasteiger partial charge in [-0.1, -0.05) is 0 Å². The van der Waals surface area contributed by atoms with Gasteiger partial charge in [-0.2, -0.15) is 0 Å². The maximum atomic E-state index is 12.6. The Morgan fingerprint density at radius 1 is 1.38 bits per heavy atom. The molecule has 0 radical (unpaired) electrons. The molecule has 24 heavy (non-hydrogen) atoms. The monoisotopic (exact) mass is 332 g/mol. The van der Waals surface area contributed by atoms with Crippen molar-refractivity contribution in [3.63, 3.8) is 0 Å². The van der Waals surface area contributed by atoms with Crippen LogP contribution in [0.3, 0.4) is 0 Å². The van der Waals surface area contributed by atoms with Crippen molar-refractivity contribution >= 4 is 16.9 Å². The fourth-order valence-electron chi connectivity index (χ4n) is 3.05. The first-order valence-corrected chi connectivity index (χ1v) is 8.26. The van der Waals surface area contributed by atoms with Gasteiger partial charge in [0.1, 0.15) is 11.3 Å². The highest BCUT2D eigenvalue weighted by atomic mass is 16.5. The van der Waals surface area contributed by atoms with Crippen LogP contribution in [0, 0.1) is 6.92 Å². The molecule has 2 heterocycles. The predicted octanol–water partition coefficient (Wildman–Crippen LogP) is 2.20. The Bertz CT molecular complexity index is 719. The number of aryl methyl sites for hydroxylation is 1. The van der Waals surface area contributed by atoms with Gasteiger partial charge in [0.15, 0.2) is 5.76 Å². The van der Waals surface area contributed by atoms with Crippen LogP contribution in [0.25, 0.3) is 11.0 Å². The van der Waals surface area contributed by atoms with E-state index in [-0.39, 0.29) is 11.9 Å². The summed E-state index contributed by atoms with van der Waals surface area (Å²) < 4.78 is 16.3. The Morgan fingerprint density at radius 3 is 2.83 bits per heavy atom. The molecule has 1 fully saturated rings. The number of amides is 1. The number of furan rings is 1. The van der Waals surface area contributed by atoms with E-state index in [1.54, 1.807) is 7.11 Å². The van der Waals surface area contributed by atoms with Gasteiger partial charge in [0.05, 0.1) is 20.3 Å². The largest absolute Gasteiger partial charge is 0.497 e. The molecular weight excluding hydrogens is 308 g/mol. The standard InChI is InChI=1S/C18H24N2O4/c1-12(11-20-6-8-23-9-7-20)19-18(21)17-13(2)15-10-14(22-3)4-5-16(15)24-17/h4-5,10,12H,6-9,11H2,1-3H3,(H,19,21). The van der Waals surface area contributed by atoms with Crippen LogP contribution in [0.5, 0.6) is 5.75 Å². The minimum atomic E-state index is -0.177. The Balaban J connectivity index is 1.70. The summed E-state index contributed by atoms with van der Waals surface area (Å²) in [6.07, 6.45) is 0. The van der Waals surface area contributed by atoms with E-state index >= 15 is 0 Å². The molecule has 0 bridgehead atoms. The molecule has 1 amide bonds. The Kier molecular flexibility index (Phi) is 5.06. The normalized spacial score (nSPS) is 17.0. The van der Waals surface area contributed by atoms with Crippen LogP contribution in [-0.4, -0.2) is 56.8 Å². The Hall–Kier alpha value is -2.05. The number of ether oxygens (including phenoxy) is 2. The van der Waals surface area contributed by atoms with Gasteiger partial charge in [0.2, 0.25) is 0 Å². The molecule has 130 valence electrons. The molecule has 1 unspecified atom stereocenters. The molecule has 0 aliphatic carbocycles. The minimum Gasteiger partial charge on any atom is -0.497 e. The second-order valence-corrected chi connectivity index (χ2v) is 6.21. The number of nitrogens with zero attached hydrogens (tertiary/aromatic N) is 1. The molecule has 1 aromatic carbocycles. The average molecular weight is 332 g/mol. The van der Waals surface area contributed by atoms with Crippen LogP contribution in [0.1, 0.15) is 23.0 Å². The number of carbonyl (C=O) groups excluding carboxylic acids is 1. The van der Waals surface area contributed by atoms with Gasteiger partial charge >= 0.3 is 0 Å². The summed E-state index contributed by atoms with van der Waals surface area (Å²) in [5.74, 6) is 0.939. The van der Waals surface area contributed by atoms with E-state index in [2.05, 4.69) is 10.2 Å². The third-order valence-electron chi connectivity index (χ3n) is 4.36. The minimum absolute atomic E-state index is 0.0396. The quantitative estimate of drug-likeness (QED) is 0.909. The lowest BCUT2D eigenvalue weighted by Gasteiger charge is -2.29. The highest BCUT2D eigenvalue weighted by molar-refractivity contribution is 5.99. The lowest BCUT2D eigenvalue weighted by Crippen LogP contribution is -2.46. The van der Waals surface area contributed by atoms with Crippen molar-refractivity contribution in [2.75, 3.05) is 40.0 Å². The molecule has 1 atom stereocenters. The number of hydrogen-bond donors (Lipinski definition) is 1. The number of hydrogen-bond acceptors (Lipinski definition) is 5. The SMILES string of the molecule is COc1ccc2oc(C(=O)NC(C)CN3CCOCC3)c(C)c2c1. The van der Waals surface area contributed by atoms with Crippen molar-refractivity contribution < 1.29 is 18.7 Å². The van der Waals surface area contributed by atoms with E-state index in [9.17, 15) is 4.79 Å². The summed E-state index contributed by atoms with van der Waals surface area (Å²) in [6, 6.07) is 5.59. The zero-order valence-corrected chi connectivity index (χ0v) is 14.4. The van der Waals surface area contributed by atoms with Crippen LogP contribution in [0.2, 0.25) is 0 Å². The zero-order chi connectivity index (χ0) is 17.1. The highest BCUT2D eigenvalue weighted by Crippen LogP contribution is 2.28. The van der Waals surface area contributed by atoms with Crippen molar-refractivity contribution in [3.05, 3.63) is 29.5 Å². The first-order valence-electron chi connectivity index (χ1n) is 8.26. The first kappa shape index (κ1) is 16.8. The van der Waals surface area contributed by atoms with Crippen molar-refractivity contribution in [1.29, 1.82) is 0 Å². The van der Waals surface area contributed by atoms with Crippen LogP contribution < -0.4 is 10.1 Å². The number of methoxy groups -OCH3 is 1. The van der Waals surface area contributed by atoms with Gasteiger partial charge < -0.3 is 19.2 Å². The molecule has 3 rings (SSSR count). The van der Waals surface area contributed by atoms with E-state index in [1.165, 1.54) is 0 Å². The van der Waals surface area contributed by atoms with E-state index in [0.29, 0.717) is 11.3 Å². The molecule has 6 heteroatoms. The second-order valence-electron chi connectivity index (χ2n) is 6.21. The molecule has 1 aliphatic rings. The topological polar surface area (TPSA) is 63.9 Å². The van der Waals surface area contributed by atoms with Gasteiger partial charge in [-0.3, -0.25) is 9.69 Å². The molecular formula is C18H24N2O4. The summed E-state index contributed by atoms with van der Waals surface area (Å²) in [4.78, 5) is 14.9. The van der Waals surface area contributed by atoms with Crippen LogP contribution in [-0.2, 0) is 4.74 Å². The summed E-state index contributed by atoms with van der Waals surface area (Å²) >= 11 is 0. The summed E-state index contributed by atoms with van der Waals surface area (Å²) in [6.45, 7) is 8.03. The fourth-order valence-corrected chi connectivity index (χ4v) is 3.05. The van der Waals surface area contributed by atoms with Gasteiger partial charge in [0.25, 0.3) is 5.91 Å². The maximum Gasteiger partial charge on any atom is 0.287 e. The molecule has 1 aliphatic heterocycles. The molecule has 0 spiro atoms. The second kappa shape index (κ2) is 7.23. The van der Waals surface area contributed by atoms with E-state index < -0.39 is 0 Å². The third kappa shape index (κ3) is 3.55. The van der Waals surface area contributed by atoms with E-state index in [4.69, 9.17) is 13.9 Å². The summed E-state index contributed by atoms with van der Waals surface area (Å²) in [7, 11) is 1.62. The molecule has 1 saturated heterocycles. The fraction of sp³-hybridized carbons (Fsp3) is 0.500. The number of nitrogens with one attached hydrogen (secondary N) is 1. The third-order valence-corrected chi connectivity index (χ3v) is 4.36. The zero-order valence-electron chi connectivity index (χ0n) is 14.4. The average Bonchev–Trinajstić information content (AvgIpc) is 2.92. The van der Waals surface area contributed by atoms with Gasteiger partial charge in [-0.05, 0) is 32.0 Å². The van der Waals surface area contributed by atoms with Crippen LogP contribution in [0.15, 0.2) is 22.6 Å². The van der Waals surface area contributed by atoms with Gasteiger partial charge in [-0.25, -0.2) is 0 Å². The van der Waals surface area contributed by atoms with Crippen molar-refractivity contribution in [3.8, 4) is 5.75 Å². The Labute approximate surface area is 141 Å². The van der Waals surface area contributed by atoms with Gasteiger partial charge in [0, 0.05) is 36.6 Å². The lowest BCUT2D eigenvalue weighted by molar-refractivity contribution is 0.0341. The van der Waals surface area contributed by atoms with Crippen LogP contribution >= 0.6 is 0 Å². The summed E-state index contributed by atoms with van der Waals surface area (Å²) in [5.41, 5.74) is 1.53. The molecule has 1 N–H and O–H groups in total. The molecule has 1 aromatic heterocycles.